The van der Waals surface area contributed by atoms with Crippen LogP contribution in [-0.2, 0) is 23.1 Å². The van der Waals surface area contributed by atoms with E-state index in [1.807, 2.05) is 13.1 Å². The van der Waals surface area contributed by atoms with E-state index in [0.29, 0.717) is 25.8 Å². The molecule has 1 saturated heterocycles. The van der Waals surface area contributed by atoms with Crippen LogP contribution >= 0.6 is 0 Å². The molecule has 0 saturated carbocycles. The van der Waals surface area contributed by atoms with Gasteiger partial charge in [-0.2, -0.15) is 5.10 Å². The normalized spacial score (nSPS) is 19.9. The van der Waals surface area contributed by atoms with Crippen LogP contribution in [0.3, 0.4) is 0 Å². The fourth-order valence-electron chi connectivity index (χ4n) is 2.15. The number of aliphatic carboxylic acids is 1. The number of amides is 1. The molecular weight excluding hydrogens is 222 g/mol. The molecule has 0 spiro atoms. The minimum Gasteiger partial charge on any atom is -0.480 e. The number of aryl methyl sites for hydroxylation is 1. The van der Waals surface area contributed by atoms with Gasteiger partial charge in [0.15, 0.2) is 0 Å². The molecule has 1 fully saturated rings. The van der Waals surface area contributed by atoms with Crippen LogP contribution < -0.4 is 0 Å². The van der Waals surface area contributed by atoms with E-state index in [1.165, 1.54) is 4.90 Å². The molecule has 1 aromatic rings. The molecule has 1 amide bonds. The number of hydrogen-bond acceptors (Lipinski definition) is 3. The zero-order valence-electron chi connectivity index (χ0n) is 9.67. The summed E-state index contributed by atoms with van der Waals surface area (Å²) in [7, 11) is 1.83. The molecule has 6 nitrogen and oxygen atoms in total. The lowest BCUT2D eigenvalue weighted by molar-refractivity contribution is -0.146. The number of carbonyl (C=O) groups excluding carboxylic acids is 1. The van der Waals surface area contributed by atoms with E-state index in [9.17, 15) is 9.59 Å². The van der Waals surface area contributed by atoms with Crippen molar-refractivity contribution in [1.82, 2.24) is 14.7 Å². The first-order chi connectivity index (χ1) is 8.09. The second-order valence-electron chi connectivity index (χ2n) is 4.18. The van der Waals surface area contributed by atoms with E-state index < -0.39 is 12.0 Å². The van der Waals surface area contributed by atoms with Crippen molar-refractivity contribution in [3.8, 4) is 0 Å². The largest absolute Gasteiger partial charge is 0.480 e. The number of rotatable bonds is 4. The summed E-state index contributed by atoms with van der Waals surface area (Å²) in [5, 5.41) is 13.0. The van der Waals surface area contributed by atoms with Crippen molar-refractivity contribution in [2.75, 3.05) is 6.54 Å². The first kappa shape index (κ1) is 11.6. The Labute approximate surface area is 98.8 Å². The highest BCUT2D eigenvalue weighted by Gasteiger charge is 2.35. The third-order valence-electron chi connectivity index (χ3n) is 3.14. The van der Waals surface area contributed by atoms with Gasteiger partial charge in [0, 0.05) is 38.3 Å². The Balaban J connectivity index is 2.00. The molecule has 1 aliphatic rings. The molecule has 0 aromatic carbocycles. The molecule has 1 atom stereocenters. The second kappa shape index (κ2) is 4.57. The molecule has 92 valence electrons. The summed E-state index contributed by atoms with van der Waals surface area (Å²) < 4.78 is 1.73. The van der Waals surface area contributed by atoms with Crippen LogP contribution in [0, 0.1) is 0 Å². The third kappa shape index (κ3) is 2.30. The minimum absolute atomic E-state index is 0.0698. The number of nitrogens with zero attached hydrogens (tertiary/aromatic N) is 3. The molecule has 2 heterocycles. The Morgan fingerprint density at radius 1 is 1.65 bits per heavy atom. The van der Waals surface area contributed by atoms with E-state index in [0.717, 1.165) is 5.69 Å². The van der Waals surface area contributed by atoms with E-state index in [1.54, 1.807) is 10.9 Å². The van der Waals surface area contributed by atoms with Crippen molar-refractivity contribution in [3.05, 3.63) is 18.0 Å². The molecule has 6 heteroatoms. The van der Waals surface area contributed by atoms with Crippen molar-refractivity contribution in [2.45, 2.75) is 25.3 Å². The van der Waals surface area contributed by atoms with E-state index in [2.05, 4.69) is 5.10 Å². The summed E-state index contributed by atoms with van der Waals surface area (Å²) in [6, 6.07) is 1.21. The fourth-order valence-corrected chi connectivity index (χ4v) is 2.15. The second-order valence-corrected chi connectivity index (χ2v) is 4.18. The maximum absolute atomic E-state index is 11.6. The molecule has 0 bridgehead atoms. The van der Waals surface area contributed by atoms with E-state index in [4.69, 9.17) is 5.11 Å². The highest BCUT2D eigenvalue weighted by Crippen LogP contribution is 2.19. The van der Waals surface area contributed by atoms with Gasteiger partial charge in [-0.25, -0.2) is 4.79 Å². The lowest BCUT2D eigenvalue weighted by atomic mass is 10.2. The van der Waals surface area contributed by atoms with Crippen LogP contribution in [0.2, 0.25) is 0 Å². The molecule has 1 aliphatic heterocycles. The van der Waals surface area contributed by atoms with Crippen LogP contribution in [0.4, 0.5) is 0 Å². The van der Waals surface area contributed by atoms with Gasteiger partial charge in [0.1, 0.15) is 6.04 Å². The highest BCUT2D eigenvalue weighted by molar-refractivity contribution is 5.87. The number of hydrogen-bond donors (Lipinski definition) is 1. The Kier molecular flexibility index (Phi) is 3.12. The predicted octanol–water partition coefficient (Wildman–Crippen LogP) is 0.0382. The maximum atomic E-state index is 11.6. The van der Waals surface area contributed by atoms with Gasteiger partial charge in [0.2, 0.25) is 5.91 Å². The Hall–Kier alpha value is -1.85. The topological polar surface area (TPSA) is 75.4 Å². The summed E-state index contributed by atoms with van der Waals surface area (Å²) in [5.41, 5.74) is 0.994. The summed E-state index contributed by atoms with van der Waals surface area (Å²) >= 11 is 0. The van der Waals surface area contributed by atoms with Crippen LogP contribution in [0.15, 0.2) is 12.3 Å². The van der Waals surface area contributed by atoms with Gasteiger partial charge in [-0.1, -0.05) is 0 Å². The molecule has 17 heavy (non-hydrogen) atoms. The molecule has 1 unspecified atom stereocenters. The average Bonchev–Trinajstić information content (AvgIpc) is 2.82. The molecule has 1 N–H and O–H groups in total. The summed E-state index contributed by atoms with van der Waals surface area (Å²) in [5.74, 6) is -0.986. The van der Waals surface area contributed by atoms with Gasteiger partial charge in [-0.05, 0) is 12.5 Å². The Morgan fingerprint density at radius 3 is 3.00 bits per heavy atom. The first-order valence-corrected chi connectivity index (χ1v) is 5.58. The average molecular weight is 237 g/mol. The van der Waals surface area contributed by atoms with Gasteiger partial charge in [0.05, 0.1) is 0 Å². The summed E-state index contributed by atoms with van der Waals surface area (Å²) in [6.45, 7) is 0.440. The minimum atomic E-state index is -0.916. The molecular formula is C11H15N3O3. The SMILES string of the molecule is Cn1nccc1CCN1C(=O)CCC1C(=O)O. The first-order valence-electron chi connectivity index (χ1n) is 5.58. The zero-order valence-corrected chi connectivity index (χ0v) is 9.67. The number of carboxylic acid groups (broad SMARTS) is 1. The van der Waals surface area contributed by atoms with Crippen LogP contribution in [0.5, 0.6) is 0 Å². The third-order valence-corrected chi connectivity index (χ3v) is 3.14. The monoisotopic (exact) mass is 237 g/mol. The van der Waals surface area contributed by atoms with Gasteiger partial charge >= 0.3 is 5.97 Å². The van der Waals surface area contributed by atoms with Crippen LogP contribution in [-0.4, -0.2) is 44.3 Å². The zero-order chi connectivity index (χ0) is 12.4. The quantitative estimate of drug-likeness (QED) is 0.802. The van der Waals surface area contributed by atoms with Gasteiger partial charge in [0.25, 0.3) is 0 Å². The van der Waals surface area contributed by atoms with Crippen LogP contribution in [0.25, 0.3) is 0 Å². The van der Waals surface area contributed by atoms with Crippen molar-refractivity contribution in [2.24, 2.45) is 7.05 Å². The van der Waals surface area contributed by atoms with Gasteiger partial charge in [-0.3, -0.25) is 9.48 Å². The molecule has 0 aliphatic carbocycles. The lowest BCUT2D eigenvalue weighted by Crippen LogP contribution is -2.39. The van der Waals surface area contributed by atoms with Crippen molar-refractivity contribution < 1.29 is 14.7 Å². The standard InChI is InChI=1S/C11H15N3O3/c1-13-8(4-6-12-13)5-7-14-9(11(16)17)2-3-10(14)15/h4,6,9H,2-3,5,7H2,1H3,(H,16,17). The fraction of sp³-hybridized carbons (Fsp3) is 0.545. The predicted molar refractivity (Wildman–Crippen MR) is 59.3 cm³/mol. The van der Waals surface area contributed by atoms with Gasteiger partial charge < -0.3 is 10.0 Å². The highest BCUT2D eigenvalue weighted by atomic mass is 16.4. The molecule has 1 aromatic heterocycles. The number of carbonyl (C=O) groups is 2. The molecule has 0 radical (unpaired) electrons. The summed E-state index contributed by atoms with van der Waals surface area (Å²) in [6.07, 6.45) is 3.07. The number of aromatic nitrogens is 2. The number of likely N-dealkylation sites (tertiary alicyclic amines) is 1. The summed E-state index contributed by atoms with van der Waals surface area (Å²) in [4.78, 5) is 24.0. The lowest BCUT2D eigenvalue weighted by Gasteiger charge is -2.21. The smallest absolute Gasteiger partial charge is 0.326 e. The van der Waals surface area contributed by atoms with Crippen LogP contribution in [0.1, 0.15) is 18.5 Å². The van der Waals surface area contributed by atoms with E-state index in [-0.39, 0.29) is 5.91 Å². The Bertz CT molecular complexity index is 441. The van der Waals surface area contributed by atoms with Crippen molar-refractivity contribution >= 4 is 11.9 Å². The molecule has 2 rings (SSSR count). The Morgan fingerprint density at radius 2 is 2.41 bits per heavy atom. The van der Waals surface area contributed by atoms with Crippen molar-refractivity contribution in [3.63, 3.8) is 0 Å². The number of carboxylic acids is 1. The van der Waals surface area contributed by atoms with Crippen molar-refractivity contribution in [1.29, 1.82) is 0 Å². The maximum Gasteiger partial charge on any atom is 0.326 e. The van der Waals surface area contributed by atoms with E-state index >= 15 is 0 Å². The van der Waals surface area contributed by atoms with Gasteiger partial charge in [-0.15, -0.1) is 0 Å².